The molecular formula is C28H37ClN4O4S. The third-order valence-corrected chi connectivity index (χ3v) is 8.14. The first-order valence-electron chi connectivity index (χ1n) is 12.8. The molecule has 1 saturated heterocycles. The number of carbonyl (C=O) groups excluding carboxylic acids is 3. The van der Waals surface area contributed by atoms with Crippen LogP contribution in [0.5, 0.6) is 0 Å². The van der Waals surface area contributed by atoms with Crippen LogP contribution in [0.2, 0.25) is 5.02 Å². The number of hydrogen-bond donors (Lipinski definition) is 3. The van der Waals surface area contributed by atoms with Gasteiger partial charge in [-0.1, -0.05) is 37.6 Å². The Morgan fingerprint density at radius 2 is 1.66 bits per heavy atom. The lowest BCUT2D eigenvalue weighted by Crippen LogP contribution is -2.52. The fourth-order valence-corrected chi connectivity index (χ4v) is 4.60. The second kappa shape index (κ2) is 13.5. The van der Waals surface area contributed by atoms with Gasteiger partial charge in [0.25, 0.3) is 5.91 Å². The van der Waals surface area contributed by atoms with Gasteiger partial charge in [-0.15, -0.1) is 0 Å². The van der Waals surface area contributed by atoms with Crippen molar-refractivity contribution in [3.8, 4) is 0 Å². The summed E-state index contributed by atoms with van der Waals surface area (Å²) in [6.45, 7) is 9.20. The number of carbonyl (C=O) groups is 3. The number of esters is 1. The van der Waals surface area contributed by atoms with Gasteiger partial charge < -0.3 is 20.7 Å². The molecule has 2 unspecified atom stereocenters. The second-order valence-corrected chi connectivity index (χ2v) is 11.0. The Hall–Kier alpha value is -2.59. The van der Waals surface area contributed by atoms with E-state index in [1.54, 1.807) is 45.0 Å². The van der Waals surface area contributed by atoms with Crippen molar-refractivity contribution < 1.29 is 19.1 Å². The van der Waals surface area contributed by atoms with Gasteiger partial charge in [-0.3, -0.25) is 19.3 Å². The summed E-state index contributed by atoms with van der Waals surface area (Å²) in [5.41, 5.74) is 7.42. The quantitative estimate of drug-likeness (QED) is 0.303. The van der Waals surface area contributed by atoms with E-state index in [1.165, 1.54) is 5.56 Å². The maximum atomic E-state index is 13.0. The number of thiol groups is 1. The number of nitrogens with two attached hydrogens (primary N) is 1. The second-order valence-electron chi connectivity index (χ2n) is 10.0. The fourth-order valence-electron chi connectivity index (χ4n) is 4.25. The lowest BCUT2D eigenvalue weighted by Gasteiger charge is -2.35. The molecule has 10 heteroatoms. The highest BCUT2D eigenvalue weighted by Crippen LogP contribution is 2.30. The first kappa shape index (κ1) is 30.0. The number of hydrogen-bond acceptors (Lipinski definition) is 7. The van der Waals surface area contributed by atoms with Gasteiger partial charge in [-0.2, -0.15) is 12.6 Å². The first-order valence-corrected chi connectivity index (χ1v) is 13.7. The molecule has 3 rings (SSSR count). The number of anilines is 1. The zero-order valence-electron chi connectivity index (χ0n) is 22.2. The predicted octanol–water partition coefficient (Wildman–Crippen LogP) is 3.49. The molecule has 2 aromatic rings. The highest BCUT2D eigenvalue weighted by molar-refractivity contribution is 7.81. The van der Waals surface area contributed by atoms with Crippen molar-refractivity contribution in [3.05, 3.63) is 64.7 Å². The van der Waals surface area contributed by atoms with Crippen LogP contribution in [0.15, 0.2) is 48.5 Å². The van der Waals surface area contributed by atoms with E-state index >= 15 is 0 Å². The topological polar surface area (TPSA) is 105 Å². The van der Waals surface area contributed by atoms with E-state index in [4.69, 9.17) is 22.1 Å². The predicted molar refractivity (Wildman–Crippen MR) is 154 cm³/mol. The summed E-state index contributed by atoms with van der Waals surface area (Å²) in [4.78, 5) is 42.1. The minimum Gasteiger partial charge on any atom is -0.465 e. The summed E-state index contributed by atoms with van der Waals surface area (Å²) in [7, 11) is 0. The van der Waals surface area contributed by atoms with Crippen LogP contribution in [0.1, 0.15) is 36.7 Å². The number of benzene rings is 2. The minimum atomic E-state index is -1.01. The van der Waals surface area contributed by atoms with E-state index in [9.17, 15) is 14.4 Å². The van der Waals surface area contributed by atoms with Crippen LogP contribution in [0.4, 0.5) is 5.69 Å². The van der Waals surface area contributed by atoms with Crippen LogP contribution >= 0.6 is 24.2 Å². The van der Waals surface area contributed by atoms with Crippen molar-refractivity contribution in [2.24, 2.45) is 11.1 Å². The van der Waals surface area contributed by atoms with Gasteiger partial charge in [0.15, 0.2) is 0 Å². The Labute approximate surface area is 235 Å². The number of piperazine rings is 1. The van der Waals surface area contributed by atoms with E-state index in [0.29, 0.717) is 24.3 Å². The minimum absolute atomic E-state index is 0.0335. The zero-order chi connectivity index (χ0) is 27.9. The van der Waals surface area contributed by atoms with Crippen LogP contribution in [0, 0.1) is 5.41 Å². The number of ether oxygens (including phenoxy) is 1. The molecule has 38 heavy (non-hydrogen) atoms. The molecule has 3 N–H and O–H groups in total. The van der Waals surface area contributed by atoms with Crippen molar-refractivity contribution in [3.63, 3.8) is 0 Å². The van der Waals surface area contributed by atoms with E-state index in [2.05, 4.69) is 22.8 Å². The Balaban J connectivity index is 1.49. The molecule has 0 bridgehead atoms. The normalized spacial score (nSPS) is 16.0. The monoisotopic (exact) mass is 560 g/mol. The lowest BCUT2D eigenvalue weighted by atomic mass is 9.80. The van der Waals surface area contributed by atoms with Gasteiger partial charge in [-0.25, -0.2) is 0 Å². The molecule has 0 aromatic heterocycles. The Kier molecular flexibility index (Phi) is 10.6. The summed E-state index contributed by atoms with van der Waals surface area (Å²) in [6.07, 6.45) is 0.942. The van der Waals surface area contributed by atoms with Gasteiger partial charge in [0.1, 0.15) is 6.04 Å². The molecule has 0 aliphatic carbocycles. The summed E-state index contributed by atoms with van der Waals surface area (Å²) in [6, 6.07) is 13.7. The molecule has 1 heterocycles. The van der Waals surface area contributed by atoms with Crippen LogP contribution in [-0.2, 0) is 20.7 Å². The molecule has 0 radical (unpaired) electrons. The number of nitrogens with zero attached hydrogens (tertiary/aromatic N) is 2. The number of rotatable bonds is 10. The van der Waals surface area contributed by atoms with Crippen molar-refractivity contribution in [2.75, 3.05) is 44.6 Å². The molecule has 1 aliphatic heterocycles. The van der Waals surface area contributed by atoms with Crippen molar-refractivity contribution in [1.82, 2.24) is 9.80 Å². The molecule has 206 valence electrons. The van der Waals surface area contributed by atoms with Gasteiger partial charge in [0.2, 0.25) is 5.91 Å². The number of halogens is 1. The Morgan fingerprint density at radius 3 is 2.24 bits per heavy atom. The van der Waals surface area contributed by atoms with Gasteiger partial charge >= 0.3 is 5.97 Å². The largest absolute Gasteiger partial charge is 0.465 e. The maximum Gasteiger partial charge on any atom is 0.323 e. The highest BCUT2D eigenvalue weighted by atomic mass is 35.5. The summed E-state index contributed by atoms with van der Waals surface area (Å²) >= 11 is 10.4. The van der Waals surface area contributed by atoms with Gasteiger partial charge in [-0.05, 0) is 55.3 Å². The van der Waals surface area contributed by atoms with Crippen molar-refractivity contribution in [1.29, 1.82) is 0 Å². The van der Waals surface area contributed by atoms with Gasteiger partial charge in [0.05, 0.1) is 11.9 Å². The van der Waals surface area contributed by atoms with E-state index in [-0.39, 0.29) is 12.5 Å². The van der Waals surface area contributed by atoms with Crippen LogP contribution in [0.25, 0.3) is 0 Å². The molecule has 2 aromatic carbocycles. The first-order chi connectivity index (χ1) is 18.0. The van der Waals surface area contributed by atoms with Crippen molar-refractivity contribution in [2.45, 2.75) is 38.5 Å². The van der Waals surface area contributed by atoms with Crippen molar-refractivity contribution >= 4 is 47.7 Å². The third kappa shape index (κ3) is 7.72. The Morgan fingerprint density at radius 1 is 1.05 bits per heavy atom. The molecule has 1 fully saturated rings. The highest BCUT2D eigenvalue weighted by Gasteiger charge is 2.42. The molecular weight excluding hydrogens is 524 g/mol. The van der Waals surface area contributed by atoms with E-state index < -0.39 is 28.6 Å². The molecule has 0 saturated carbocycles. The standard InChI is InChI=1S/C28H37ClN4O4S/c1-4-37-27(36)23(30)28(2,3)24(38)25(34)31-22-11-7-20(8-12-22)26(35)33-17-15-32(16-18-33)14-13-19-5-9-21(29)10-6-19/h5-12,23-24,38H,4,13-18,30H2,1-3H3,(H,31,34). The molecule has 2 atom stereocenters. The zero-order valence-corrected chi connectivity index (χ0v) is 23.8. The average molecular weight is 561 g/mol. The van der Waals surface area contributed by atoms with Crippen LogP contribution < -0.4 is 11.1 Å². The summed E-state index contributed by atoms with van der Waals surface area (Å²) in [5.74, 6) is -1.00. The third-order valence-electron chi connectivity index (χ3n) is 6.98. The molecule has 2 amide bonds. The maximum absolute atomic E-state index is 13.0. The number of nitrogens with one attached hydrogen (secondary N) is 1. The SMILES string of the molecule is CCOC(=O)C(N)C(C)(C)C(S)C(=O)Nc1ccc(C(=O)N2CCN(CCc3ccc(Cl)cc3)CC2)cc1. The van der Waals surface area contributed by atoms with E-state index in [0.717, 1.165) is 31.1 Å². The molecule has 0 spiro atoms. The van der Waals surface area contributed by atoms with E-state index in [1.807, 2.05) is 29.2 Å². The smallest absolute Gasteiger partial charge is 0.323 e. The Bertz CT molecular complexity index is 1100. The number of amides is 2. The van der Waals surface area contributed by atoms with Crippen LogP contribution in [0.3, 0.4) is 0 Å². The summed E-state index contributed by atoms with van der Waals surface area (Å²) < 4.78 is 4.99. The lowest BCUT2D eigenvalue weighted by molar-refractivity contribution is -0.147. The van der Waals surface area contributed by atoms with Crippen LogP contribution in [-0.4, -0.2) is 78.2 Å². The molecule has 8 nitrogen and oxygen atoms in total. The molecule has 1 aliphatic rings. The summed E-state index contributed by atoms with van der Waals surface area (Å²) in [5, 5.41) is 2.67. The van der Waals surface area contributed by atoms with Gasteiger partial charge in [0, 0.05) is 54.4 Å². The fraction of sp³-hybridized carbons (Fsp3) is 0.464. The average Bonchev–Trinajstić information content (AvgIpc) is 2.92.